The molecule has 0 saturated carbocycles. The van der Waals surface area contributed by atoms with E-state index in [0.29, 0.717) is 0 Å². The Bertz CT molecular complexity index is 472. The number of benzene rings is 1. The van der Waals surface area contributed by atoms with Crippen LogP contribution < -0.4 is 5.32 Å². The number of amides is 1. The minimum Gasteiger partial charge on any atom is -0.325 e. The van der Waals surface area contributed by atoms with Crippen LogP contribution in [0.3, 0.4) is 0 Å². The molecule has 1 aromatic rings. The molecule has 1 aromatic carbocycles. The van der Waals surface area contributed by atoms with Gasteiger partial charge in [0.25, 0.3) is 0 Å². The lowest BCUT2D eigenvalue weighted by Gasteiger charge is -2.09. The molecule has 2 nitrogen and oxygen atoms in total. The van der Waals surface area contributed by atoms with Crippen molar-refractivity contribution in [3.63, 3.8) is 0 Å². The molecule has 0 radical (unpaired) electrons. The van der Waals surface area contributed by atoms with Crippen molar-refractivity contribution in [3.05, 3.63) is 28.2 Å². The lowest BCUT2D eigenvalue weighted by atomic mass is 9.94. The van der Waals surface area contributed by atoms with E-state index < -0.39 is 0 Å². The summed E-state index contributed by atoms with van der Waals surface area (Å²) in [6, 6.07) is 6.06. The van der Waals surface area contributed by atoms with Crippen molar-refractivity contribution in [2.75, 3.05) is 5.32 Å². The zero-order valence-corrected chi connectivity index (χ0v) is 14.5. The summed E-state index contributed by atoms with van der Waals surface area (Å²) in [6.45, 7) is 2.25. The van der Waals surface area contributed by atoms with Crippen molar-refractivity contribution in [2.45, 2.75) is 70.6 Å². The van der Waals surface area contributed by atoms with Crippen molar-refractivity contribution in [1.82, 2.24) is 0 Å². The Morgan fingerprint density at radius 1 is 1.05 bits per heavy atom. The van der Waals surface area contributed by atoms with Gasteiger partial charge in [-0.3, -0.25) is 4.79 Å². The highest BCUT2D eigenvalue weighted by Gasteiger charge is 2.29. The number of carbonyl (C=O) groups is 1. The third kappa shape index (κ3) is 4.84. The first-order chi connectivity index (χ1) is 10.2. The minimum atomic E-state index is 0.0533. The van der Waals surface area contributed by atoms with E-state index in [-0.39, 0.29) is 11.8 Å². The van der Waals surface area contributed by atoms with Gasteiger partial charge in [0.05, 0.1) is 5.92 Å². The molecule has 1 aliphatic heterocycles. The second-order valence-corrected chi connectivity index (χ2v) is 6.95. The van der Waals surface area contributed by atoms with Gasteiger partial charge in [0.2, 0.25) is 5.91 Å². The number of fused-ring (bicyclic) bond motifs is 1. The quantitative estimate of drug-likeness (QED) is 0.541. The topological polar surface area (TPSA) is 29.1 Å². The number of hydrogen-bond donors (Lipinski definition) is 1. The molecule has 21 heavy (non-hydrogen) atoms. The van der Waals surface area contributed by atoms with Gasteiger partial charge in [-0.05, 0) is 30.2 Å². The maximum atomic E-state index is 12.1. The SMILES string of the molecule is CCCCCCCCCCC1C(=O)Nc2ccc(Br)cc21. The molecule has 1 unspecified atom stereocenters. The first kappa shape index (κ1) is 16.5. The van der Waals surface area contributed by atoms with Gasteiger partial charge in [0.1, 0.15) is 0 Å². The molecule has 1 heterocycles. The first-order valence-electron chi connectivity index (χ1n) is 8.32. The van der Waals surface area contributed by atoms with Crippen LogP contribution in [0.2, 0.25) is 0 Å². The summed E-state index contributed by atoms with van der Waals surface area (Å²) in [6.07, 6.45) is 11.5. The highest BCUT2D eigenvalue weighted by atomic mass is 79.9. The molecule has 0 bridgehead atoms. The molecular weight excluding hydrogens is 326 g/mol. The van der Waals surface area contributed by atoms with Gasteiger partial charge >= 0.3 is 0 Å². The molecule has 0 aromatic heterocycles. The summed E-state index contributed by atoms with van der Waals surface area (Å²) < 4.78 is 1.05. The van der Waals surface area contributed by atoms with E-state index in [1.165, 1.54) is 44.9 Å². The van der Waals surface area contributed by atoms with Crippen molar-refractivity contribution in [3.8, 4) is 0 Å². The van der Waals surface area contributed by atoms with Crippen molar-refractivity contribution >= 4 is 27.5 Å². The molecule has 0 spiro atoms. The fraction of sp³-hybridized carbons (Fsp3) is 0.611. The Hall–Kier alpha value is -0.830. The molecule has 116 valence electrons. The van der Waals surface area contributed by atoms with Crippen LogP contribution in [0.5, 0.6) is 0 Å². The van der Waals surface area contributed by atoms with E-state index in [4.69, 9.17) is 0 Å². The van der Waals surface area contributed by atoms with Crippen LogP contribution in [0.15, 0.2) is 22.7 Å². The van der Waals surface area contributed by atoms with E-state index in [1.54, 1.807) is 0 Å². The molecule has 0 fully saturated rings. The average molecular weight is 352 g/mol. The molecule has 0 aliphatic carbocycles. The summed E-state index contributed by atoms with van der Waals surface area (Å²) in [5.74, 6) is 0.226. The van der Waals surface area contributed by atoms with Crippen LogP contribution in [0.25, 0.3) is 0 Å². The van der Waals surface area contributed by atoms with E-state index in [1.807, 2.05) is 12.1 Å². The zero-order chi connectivity index (χ0) is 15.1. The Labute approximate surface area is 136 Å². The third-order valence-corrected chi connectivity index (χ3v) is 4.80. The number of carbonyl (C=O) groups excluding carboxylic acids is 1. The second kappa shape index (κ2) is 8.57. The van der Waals surface area contributed by atoms with Crippen LogP contribution in [0.1, 0.15) is 76.2 Å². The fourth-order valence-corrected chi connectivity index (χ4v) is 3.44. The number of unbranched alkanes of at least 4 members (excludes halogenated alkanes) is 7. The van der Waals surface area contributed by atoms with E-state index >= 15 is 0 Å². The lowest BCUT2D eigenvalue weighted by molar-refractivity contribution is -0.117. The summed E-state index contributed by atoms with van der Waals surface area (Å²) in [5, 5.41) is 2.99. The molecular formula is C18H26BrNO. The first-order valence-corrected chi connectivity index (χ1v) is 9.12. The number of nitrogens with one attached hydrogen (secondary N) is 1. The van der Waals surface area contributed by atoms with Crippen molar-refractivity contribution in [2.24, 2.45) is 0 Å². The largest absolute Gasteiger partial charge is 0.325 e. The fourth-order valence-electron chi connectivity index (χ4n) is 3.07. The van der Waals surface area contributed by atoms with Crippen LogP contribution in [0.4, 0.5) is 5.69 Å². The molecule has 1 aliphatic rings. The molecule has 1 atom stereocenters. The monoisotopic (exact) mass is 351 g/mol. The molecule has 1 N–H and O–H groups in total. The van der Waals surface area contributed by atoms with Crippen LogP contribution in [-0.4, -0.2) is 5.91 Å². The van der Waals surface area contributed by atoms with E-state index in [2.05, 4.69) is 34.2 Å². The zero-order valence-electron chi connectivity index (χ0n) is 13.0. The molecule has 0 saturated heterocycles. The maximum absolute atomic E-state index is 12.1. The summed E-state index contributed by atoms with van der Waals surface area (Å²) >= 11 is 3.50. The van der Waals surface area contributed by atoms with Crippen LogP contribution in [0, 0.1) is 0 Å². The summed E-state index contributed by atoms with van der Waals surface area (Å²) in [4.78, 5) is 12.1. The van der Waals surface area contributed by atoms with Crippen molar-refractivity contribution < 1.29 is 4.79 Å². The summed E-state index contributed by atoms with van der Waals surface area (Å²) in [5.41, 5.74) is 2.16. The molecule has 3 heteroatoms. The highest BCUT2D eigenvalue weighted by molar-refractivity contribution is 9.10. The Morgan fingerprint density at radius 3 is 2.43 bits per heavy atom. The van der Waals surface area contributed by atoms with Gasteiger partial charge in [-0.2, -0.15) is 0 Å². The predicted octanol–water partition coefficient (Wildman–Crippen LogP) is 6.02. The van der Waals surface area contributed by atoms with Gasteiger partial charge in [0.15, 0.2) is 0 Å². The van der Waals surface area contributed by atoms with Gasteiger partial charge in [-0.15, -0.1) is 0 Å². The molecule has 2 rings (SSSR count). The average Bonchev–Trinajstić information content (AvgIpc) is 2.77. The normalized spacial score (nSPS) is 16.9. The number of anilines is 1. The minimum absolute atomic E-state index is 0.0533. The standard InChI is InChI=1S/C18H26BrNO/c1-2-3-4-5-6-7-8-9-10-15-16-13-14(19)11-12-17(16)20-18(15)21/h11-13,15H,2-10H2,1H3,(H,20,21). The Kier molecular flexibility index (Phi) is 6.75. The lowest BCUT2D eigenvalue weighted by Crippen LogP contribution is -2.11. The smallest absolute Gasteiger partial charge is 0.232 e. The highest BCUT2D eigenvalue weighted by Crippen LogP contribution is 2.37. The van der Waals surface area contributed by atoms with Crippen LogP contribution >= 0.6 is 15.9 Å². The Morgan fingerprint density at radius 2 is 1.71 bits per heavy atom. The van der Waals surface area contributed by atoms with Crippen LogP contribution in [-0.2, 0) is 4.79 Å². The van der Waals surface area contributed by atoms with E-state index in [9.17, 15) is 4.79 Å². The number of halogens is 1. The molecule has 1 amide bonds. The predicted molar refractivity (Wildman–Crippen MR) is 92.7 cm³/mol. The maximum Gasteiger partial charge on any atom is 0.232 e. The van der Waals surface area contributed by atoms with Gasteiger partial charge < -0.3 is 5.32 Å². The Balaban J connectivity index is 1.70. The summed E-state index contributed by atoms with van der Waals surface area (Å²) in [7, 11) is 0. The number of hydrogen-bond acceptors (Lipinski definition) is 1. The van der Waals surface area contributed by atoms with E-state index in [0.717, 1.165) is 28.6 Å². The number of rotatable bonds is 9. The van der Waals surface area contributed by atoms with Gasteiger partial charge in [-0.25, -0.2) is 0 Å². The second-order valence-electron chi connectivity index (χ2n) is 6.04. The third-order valence-electron chi connectivity index (χ3n) is 4.31. The van der Waals surface area contributed by atoms with Crippen molar-refractivity contribution in [1.29, 1.82) is 0 Å². The van der Waals surface area contributed by atoms with Gasteiger partial charge in [0, 0.05) is 10.2 Å². The van der Waals surface area contributed by atoms with Gasteiger partial charge in [-0.1, -0.05) is 74.2 Å².